The van der Waals surface area contributed by atoms with Crippen molar-refractivity contribution >= 4 is 34.9 Å². The largest absolute Gasteiger partial charge is 0.493 e. The Morgan fingerprint density at radius 3 is 2.97 bits per heavy atom. The maximum Gasteiger partial charge on any atom is 0.279 e. The number of nitrogens with one attached hydrogen (secondary N) is 1. The van der Waals surface area contributed by atoms with E-state index in [-0.39, 0.29) is 11.9 Å². The second-order valence-electron chi connectivity index (χ2n) is 7.79. The van der Waals surface area contributed by atoms with Gasteiger partial charge in [-0.2, -0.15) is 5.26 Å². The number of amides is 1. The maximum absolute atomic E-state index is 12.1. The van der Waals surface area contributed by atoms with Crippen LogP contribution in [0.2, 0.25) is 5.02 Å². The van der Waals surface area contributed by atoms with Crippen molar-refractivity contribution in [1.29, 1.82) is 5.26 Å². The molecule has 156 valence electrons. The van der Waals surface area contributed by atoms with Crippen LogP contribution in [0, 0.1) is 22.7 Å². The van der Waals surface area contributed by atoms with Gasteiger partial charge < -0.3 is 14.8 Å². The Bertz CT molecular complexity index is 1010. The number of hydrogen-bond donors (Lipinski definition) is 1. The molecule has 6 nitrogen and oxygen atoms in total. The van der Waals surface area contributed by atoms with Gasteiger partial charge >= 0.3 is 0 Å². The highest BCUT2D eigenvalue weighted by atomic mass is 35.5. The minimum Gasteiger partial charge on any atom is -0.493 e. The molecule has 1 N–H and O–H groups in total. The van der Waals surface area contributed by atoms with Crippen LogP contribution in [0.25, 0.3) is 6.08 Å². The Hall–Kier alpha value is -2.56. The first-order chi connectivity index (χ1) is 14.5. The number of nitrogens with zero attached hydrogens (tertiary/aromatic N) is 2. The highest BCUT2D eigenvalue weighted by Gasteiger charge is 2.50. The molecule has 30 heavy (non-hydrogen) atoms. The molecule has 8 heteroatoms. The SMILES string of the molecule is C[C@@H](C=Cc1cnc(Oc2ccc(OCC3CC3)cc2Cl)s1)NC(=O)C1(C#N)CC1. The van der Waals surface area contributed by atoms with Crippen LogP contribution in [0.15, 0.2) is 30.5 Å². The minimum atomic E-state index is -0.814. The van der Waals surface area contributed by atoms with Crippen molar-refractivity contribution in [2.75, 3.05) is 6.61 Å². The van der Waals surface area contributed by atoms with Crippen molar-refractivity contribution < 1.29 is 14.3 Å². The molecule has 2 aliphatic carbocycles. The molecule has 2 saturated carbocycles. The van der Waals surface area contributed by atoms with E-state index in [1.807, 2.05) is 25.1 Å². The zero-order valence-electron chi connectivity index (χ0n) is 16.6. The normalized spacial score (nSPS) is 17.9. The molecule has 0 spiro atoms. The first-order valence-corrected chi connectivity index (χ1v) is 11.1. The molecule has 2 aliphatic rings. The van der Waals surface area contributed by atoms with Gasteiger partial charge in [0.25, 0.3) is 5.19 Å². The van der Waals surface area contributed by atoms with Crippen LogP contribution in [0.3, 0.4) is 0 Å². The van der Waals surface area contributed by atoms with Crippen LogP contribution < -0.4 is 14.8 Å². The topological polar surface area (TPSA) is 84.2 Å². The average molecular weight is 444 g/mol. The lowest BCUT2D eigenvalue weighted by molar-refractivity contribution is -0.124. The van der Waals surface area contributed by atoms with Crippen LogP contribution in [0.4, 0.5) is 0 Å². The average Bonchev–Trinajstić information content (AvgIpc) is 3.65. The summed E-state index contributed by atoms with van der Waals surface area (Å²) >= 11 is 7.69. The fraction of sp³-hybridized carbons (Fsp3) is 0.409. The van der Waals surface area contributed by atoms with E-state index in [9.17, 15) is 4.79 Å². The van der Waals surface area contributed by atoms with Crippen LogP contribution in [0.1, 0.15) is 37.5 Å². The van der Waals surface area contributed by atoms with Crippen molar-refractivity contribution in [3.63, 3.8) is 0 Å². The van der Waals surface area contributed by atoms with Crippen LogP contribution in [0.5, 0.6) is 16.7 Å². The molecule has 0 radical (unpaired) electrons. The molecule has 0 aliphatic heterocycles. The van der Waals surface area contributed by atoms with Gasteiger partial charge in [-0.05, 0) is 56.7 Å². The number of carbonyl (C=O) groups excluding carboxylic acids is 1. The Balaban J connectivity index is 1.31. The lowest BCUT2D eigenvalue weighted by Gasteiger charge is -2.11. The fourth-order valence-electron chi connectivity index (χ4n) is 2.79. The van der Waals surface area contributed by atoms with E-state index in [1.54, 1.807) is 18.3 Å². The van der Waals surface area contributed by atoms with E-state index >= 15 is 0 Å². The number of ether oxygens (including phenoxy) is 2. The number of hydrogen-bond acceptors (Lipinski definition) is 6. The number of carbonyl (C=O) groups is 1. The zero-order valence-corrected chi connectivity index (χ0v) is 18.1. The highest BCUT2D eigenvalue weighted by molar-refractivity contribution is 7.14. The molecular formula is C22H22ClN3O3S. The lowest BCUT2D eigenvalue weighted by Crippen LogP contribution is -2.36. The number of benzene rings is 1. The maximum atomic E-state index is 12.1. The van der Waals surface area contributed by atoms with Gasteiger partial charge in [-0.25, -0.2) is 4.98 Å². The Kier molecular flexibility index (Phi) is 5.98. The van der Waals surface area contributed by atoms with Crippen molar-refractivity contribution in [3.05, 3.63) is 40.4 Å². The Morgan fingerprint density at radius 1 is 1.50 bits per heavy atom. The third-order valence-electron chi connectivity index (χ3n) is 5.09. The number of halogens is 1. The monoisotopic (exact) mass is 443 g/mol. The van der Waals surface area contributed by atoms with Crippen LogP contribution in [-0.2, 0) is 4.79 Å². The second-order valence-corrected chi connectivity index (χ2v) is 9.22. The van der Waals surface area contributed by atoms with Crippen molar-refractivity contribution in [2.24, 2.45) is 11.3 Å². The van der Waals surface area contributed by atoms with E-state index in [1.165, 1.54) is 24.2 Å². The summed E-state index contributed by atoms with van der Waals surface area (Å²) in [7, 11) is 0. The molecule has 4 rings (SSSR count). The van der Waals surface area contributed by atoms with Gasteiger partial charge in [-0.3, -0.25) is 4.79 Å². The standard InChI is InChI=1S/C22H22ClN3O3S/c1-14(26-20(27)22(13-24)8-9-22)2-6-17-11-25-21(30-17)29-19-7-5-16(10-18(19)23)28-12-15-3-4-15/h2,5-7,10-11,14-15H,3-4,8-9,12H2,1H3,(H,26,27)/t14-/m0/s1. The summed E-state index contributed by atoms with van der Waals surface area (Å²) < 4.78 is 11.5. The molecule has 1 atom stereocenters. The Labute approximate surface area is 184 Å². The molecule has 2 aromatic rings. The minimum absolute atomic E-state index is 0.188. The summed E-state index contributed by atoms with van der Waals surface area (Å²) in [6.07, 6.45) is 9.18. The van der Waals surface area contributed by atoms with E-state index in [0.29, 0.717) is 34.7 Å². The van der Waals surface area contributed by atoms with Gasteiger partial charge in [0.2, 0.25) is 5.91 Å². The van der Waals surface area contributed by atoms with Gasteiger partial charge in [-0.15, -0.1) is 0 Å². The van der Waals surface area contributed by atoms with E-state index in [4.69, 9.17) is 26.3 Å². The van der Waals surface area contributed by atoms with Crippen LogP contribution >= 0.6 is 22.9 Å². The molecule has 1 heterocycles. The molecule has 1 amide bonds. The van der Waals surface area contributed by atoms with Gasteiger partial charge in [0, 0.05) is 18.3 Å². The third kappa shape index (κ3) is 5.13. The van der Waals surface area contributed by atoms with Gasteiger partial charge in [0.15, 0.2) is 0 Å². The second kappa shape index (κ2) is 8.66. The quantitative estimate of drug-likeness (QED) is 0.575. The summed E-state index contributed by atoms with van der Waals surface area (Å²) in [6.45, 7) is 2.60. The smallest absolute Gasteiger partial charge is 0.279 e. The van der Waals surface area contributed by atoms with Crippen LogP contribution in [-0.4, -0.2) is 23.5 Å². The molecule has 0 saturated heterocycles. The molecular weight excluding hydrogens is 422 g/mol. The van der Waals surface area contributed by atoms with Crippen molar-refractivity contribution in [2.45, 2.75) is 38.6 Å². The first-order valence-electron chi connectivity index (χ1n) is 9.94. The number of nitriles is 1. The lowest BCUT2D eigenvalue weighted by atomic mass is 10.1. The summed E-state index contributed by atoms with van der Waals surface area (Å²) in [5.74, 6) is 1.74. The third-order valence-corrected chi connectivity index (χ3v) is 6.23. The fourth-order valence-corrected chi connectivity index (χ4v) is 3.69. The molecule has 1 aromatic heterocycles. The highest BCUT2D eigenvalue weighted by Crippen LogP contribution is 2.45. The number of thiazole rings is 1. The molecule has 0 unspecified atom stereocenters. The predicted molar refractivity (Wildman–Crippen MR) is 116 cm³/mol. The van der Waals surface area contributed by atoms with Gasteiger partial charge in [-0.1, -0.05) is 29.0 Å². The number of aromatic nitrogens is 1. The molecule has 1 aromatic carbocycles. The van der Waals surface area contributed by atoms with Gasteiger partial charge in [0.1, 0.15) is 16.9 Å². The summed E-state index contributed by atoms with van der Waals surface area (Å²) in [6, 6.07) is 7.29. The first kappa shape index (κ1) is 20.7. The van der Waals surface area contributed by atoms with Gasteiger partial charge in [0.05, 0.1) is 22.6 Å². The molecule has 0 bridgehead atoms. The van der Waals surface area contributed by atoms with E-state index < -0.39 is 5.41 Å². The molecule has 2 fully saturated rings. The summed E-state index contributed by atoms with van der Waals surface area (Å²) in [4.78, 5) is 17.3. The Morgan fingerprint density at radius 2 is 2.30 bits per heavy atom. The van der Waals surface area contributed by atoms with Crippen molar-refractivity contribution in [3.8, 4) is 22.8 Å². The zero-order chi connectivity index (χ0) is 21.1. The van der Waals surface area contributed by atoms with Crippen molar-refractivity contribution in [1.82, 2.24) is 10.3 Å². The number of rotatable bonds is 9. The predicted octanol–water partition coefficient (Wildman–Crippen LogP) is 5.20. The summed E-state index contributed by atoms with van der Waals surface area (Å²) in [5.41, 5.74) is -0.814. The summed E-state index contributed by atoms with van der Waals surface area (Å²) in [5, 5.41) is 12.9. The van der Waals surface area contributed by atoms with E-state index in [0.717, 1.165) is 17.2 Å². The van der Waals surface area contributed by atoms with E-state index in [2.05, 4.69) is 16.4 Å².